The Morgan fingerprint density at radius 1 is 1.23 bits per heavy atom. The lowest BCUT2D eigenvalue weighted by Crippen LogP contribution is -2.49. The van der Waals surface area contributed by atoms with Gasteiger partial charge in [0.1, 0.15) is 6.04 Å². The predicted molar refractivity (Wildman–Crippen MR) is 107 cm³/mol. The Hall–Kier alpha value is -1.66. The summed E-state index contributed by atoms with van der Waals surface area (Å²) in [5.74, 6) is -0.990. The molecule has 0 saturated heterocycles. The van der Waals surface area contributed by atoms with Gasteiger partial charge in [0.25, 0.3) is 5.91 Å². The molecule has 0 aliphatic heterocycles. The largest absolute Gasteiger partial charge is 0.480 e. The van der Waals surface area contributed by atoms with Crippen molar-refractivity contribution in [3.63, 3.8) is 0 Å². The molecule has 0 aromatic heterocycles. The molecule has 0 fully saturated rings. The van der Waals surface area contributed by atoms with Crippen LogP contribution in [0.4, 0.5) is 0 Å². The van der Waals surface area contributed by atoms with Gasteiger partial charge in [-0.15, -0.1) is 0 Å². The third-order valence-corrected chi connectivity index (χ3v) is 9.35. The molecule has 0 aliphatic rings. The van der Waals surface area contributed by atoms with Crippen molar-refractivity contribution in [3.05, 3.63) is 35.4 Å². The molecule has 146 valence electrons. The first-order valence-corrected chi connectivity index (χ1v) is 12.0. The fourth-order valence-electron chi connectivity index (χ4n) is 2.24. The summed E-state index contributed by atoms with van der Waals surface area (Å²) in [7, 11) is -2.09. The van der Waals surface area contributed by atoms with Crippen molar-refractivity contribution in [2.24, 2.45) is 5.92 Å². The standard InChI is InChI=1S/C20H33NO4Si/c1-14(2)11-15-9-8-10-16(12-15)18(22)21-17(19(23)24)13-25-26(6,7)20(3,4)5/h8-10,12,14,17H,11,13H2,1-7H3,(H,21,22)(H,23,24)/t17-/m0/s1. The monoisotopic (exact) mass is 379 g/mol. The van der Waals surface area contributed by atoms with Crippen molar-refractivity contribution in [2.75, 3.05) is 6.61 Å². The van der Waals surface area contributed by atoms with Gasteiger partial charge < -0.3 is 14.8 Å². The average Bonchev–Trinajstić information content (AvgIpc) is 2.49. The molecule has 26 heavy (non-hydrogen) atoms. The third kappa shape index (κ3) is 6.57. The fraction of sp³-hybridized carbons (Fsp3) is 0.600. The molecule has 0 spiro atoms. The summed E-state index contributed by atoms with van der Waals surface area (Å²) in [6.45, 7) is 14.6. The molecule has 0 saturated carbocycles. The number of carboxylic acid groups (broad SMARTS) is 1. The summed E-state index contributed by atoms with van der Waals surface area (Å²) < 4.78 is 5.97. The Bertz CT molecular complexity index is 635. The van der Waals surface area contributed by atoms with Crippen LogP contribution >= 0.6 is 0 Å². The number of benzene rings is 1. The molecule has 0 aliphatic carbocycles. The number of rotatable bonds is 8. The lowest BCUT2D eigenvalue weighted by Gasteiger charge is -2.36. The smallest absolute Gasteiger partial charge is 0.328 e. The summed E-state index contributed by atoms with van der Waals surface area (Å²) in [6, 6.07) is 6.27. The second kappa shape index (κ2) is 8.82. The second-order valence-electron chi connectivity index (χ2n) is 8.73. The zero-order valence-corrected chi connectivity index (χ0v) is 18.1. The van der Waals surface area contributed by atoms with Gasteiger partial charge in [0.05, 0.1) is 6.61 Å². The van der Waals surface area contributed by atoms with Crippen LogP contribution < -0.4 is 5.32 Å². The van der Waals surface area contributed by atoms with E-state index in [-0.39, 0.29) is 17.6 Å². The maximum absolute atomic E-state index is 12.5. The van der Waals surface area contributed by atoms with E-state index in [1.54, 1.807) is 6.07 Å². The molecule has 5 nitrogen and oxygen atoms in total. The van der Waals surface area contributed by atoms with Crippen LogP contribution in [0.15, 0.2) is 24.3 Å². The van der Waals surface area contributed by atoms with Crippen molar-refractivity contribution in [3.8, 4) is 0 Å². The van der Waals surface area contributed by atoms with Crippen LogP contribution in [-0.4, -0.2) is 37.9 Å². The summed E-state index contributed by atoms with van der Waals surface area (Å²) in [5, 5.41) is 12.0. The molecular formula is C20H33NO4Si. The van der Waals surface area contributed by atoms with Crippen molar-refractivity contribution < 1.29 is 19.1 Å². The lowest BCUT2D eigenvalue weighted by atomic mass is 10.0. The van der Waals surface area contributed by atoms with Crippen LogP contribution in [0.2, 0.25) is 18.1 Å². The molecule has 1 amide bonds. The first-order chi connectivity index (χ1) is 11.8. The number of carbonyl (C=O) groups excluding carboxylic acids is 1. The number of hydrogen-bond donors (Lipinski definition) is 2. The van der Waals surface area contributed by atoms with E-state index in [0.29, 0.717) is 11.5 Å². The van der Waals surface area contributed by atoms with Gasteiger partial charge in [-0.3, -0.25) is 4.79 Å². The highest BCUT2D eigenvalue weighted by Gasteiger charge is 2.38. The Morgan fingerprint density at radius 2 is 1.85 bits per heavy atom. The summed E-state index contributed by atoms with van der Waals surface area (Å²) in [5.41, 5.74) is 1.54. The molecule has 0 radical (unpaired) electrons. The Balaban J connectivity index is 2.82. The zero-order valence-electron chi connectivity index (χ0n) is 17.1. The van der Waals surface area contributed by atoms with Crippen molar-refractivity contribution >= 4 is 20.2 Å². The van der Waals surface area contributed by atoms with Crippen LogP contribution in [0.3, 0.4) is 0 Å². The Morgan fingerprint density at radius 3 is 2.35 bits per heavy atom. The minimum atomic E-state index is -2.09. The minimum Gasteiger partial charge on any atom is -0.480 e. The molecule has 6 heteroatoms. The average molecular weight is 380 g/mol. The van der Waals surface area contributed by atoms with Crippen LogP contribution in [0.1, 0.15) is 50.5 Å². The number of nitrogens with one attached hydrogen (secondary N) is 1. The van der Waals surface area contributed by atoms with Gasteiger partial charge >= 0.3 is 5.97 Å². The second-order valence-corrected chi connectivity index (χ2v) is 13.5. The third-order valence-electron chi connectivity index (χ3n) is 4.85. The van der Waals surface area contributed by atoms with E-state index in [1.807, 2.05) is 18.2 Å². The number of carboxylic acids is 1. The maximum atomic E-state index is 12.5. The number of amides is 1. The van der Waals surface area contributed by atoms with Crippen LogP contribution in [0, 0.1) is 5.92 Å². The van der Waals surface area contributed by atoms with Crippen LogP contribution in [0.25, 0.3) is 0 Å². The van der Waals surface area contributed by atoms with E-state index in [1.165, 1.54) is 0 Å². The molecule has 1 aromatic carbocycles. The fourth-order valence-corrected chi connectivity index (χ4v) is 3.25. The van der Waals surface area contributed by atoms with E-state index >= 15 is 0 Å². The summed E-state index contributed by atoms with van der Waals surface area (Å²) in [4.78, 5) is 24.1. The van der Waals surface area contributed by atoms with Gasteiger partial charge in [-0.2, -0.15) is 0 Å². The predicted octanol–water partition coefficient (Wildman–Crippen LogP) is 4.09. The lowest BCUT2D eigenvalue weighted by molar-refractivity contribution is -0.140. The van der Waals surface area contributed by atoms with E-state index in [2.05, 4.69) is 53.0 Å². The zero-order chi connectivity index (χ0) is 20.1. The number of hydrogen-bond acceptors (Lipinski definition) is 3. The highest BCUT2D eigenvalue weighted by molar-refractivity contribution is 6.74. The number of carbonyl (C=O) groups is 2. The highest BCUT2D eigenvalue weighted by Crippen LogP contribution is 2.36. The quantitative estimate of drug-likeness (QED) is 0.667. The van der Waals surface area contributed by atoms with Crippen molar-refractivity contribution in [2.45, 2.75) is 65.2 Å². The first kappa shape index (κ1) is 22.4. The molecule has 0 unspecified atom stereocenters. The molecule has 1 rings (SSSR count). The molecule has 0 bridgehead atoms. The summed E-state index contributed by atoms with van der Waals surface area (Å²) >= 11 is 0. The van der Waals surface area contributed by atoms with E-state index in [0.717, 1.165) is 12.0 Å². The first-order valence-electron chi connectivity index (χ1n) is 9.10. The summed E-state index contributed by atoms with van der Waals surface area (Å²) in [6.07, 6.45) is 0.873. The molecule has 1 aromatic rings. The van der Waals surface area contributed by atoms with Crippen LogP contribution in [0.5, 0.6) is 0 Å². The van der Waals surface area contributed by atoms with Gasteiger partial charge in [0.15, 0.2) is 8.32 Å². The molecule has 1 atom stereocenters. The normalized spacial score (nSPS) is 13.5. The Kier molecular flexibility index (Phi) is 7.59. The van der Waals surface area contributed by atoms with Crippen molar-refractivity contribution in [1.82, 2.24) is 5.32 Å². The SMILES string of the molecule is CC(C)Cc1cccc(C(=O)N[C@@H](CO[Si](C)(C)C(C)(C)C)C(=O)O)c1. The van der Waals surface area contributed by atoms with Gasteiger partial charge in [0.2, 0.25) is 0 Å². The van der Waals surface area contributed by atoms with Gasteiger partial charge in [-0.05, 0) is 48.2 Å². The number of aliphatic carboxylic acids is 1. The Labute approximate surface area is 158 Å². The van der Waals surface area contributed by atoms with E-state index in [9.17, 15) is 14.7 Å². The topological polar surface area (TPSA) is 75.6 Å². The van der Waals surface area contributed by atoms with E-state index < -0.39 is 20.3 Å². The molecule has 2 N–H and O–H groups in total. The van der Waals surface area contributed by atoms with Gasteiger partial charge in [-0.25, -0.2) is 4.79 Å². The van der Waals surface area contributed by atoms with Gasteiger partial charge in [-0.1, -0.05) is 46.8 Å². The van der Waals surface area contributed by atoms with Crippen LogP contribution in [-0.2, 0) is 15.6 Å². The molecular weight excluding hydrogens is 346 g/mol. The minimum absolute atomic E-state index is 0.0226. The molecule has 0 heterocycles. The van der Waals surface area contributed by atoms with Crippen molar-refractivity contribution in [1.29, 1.82) is 0 Å². The highest BCUT2D eigenvalue weighted by atomic mass is 28.4. The van der Waals surface area contributed by atoms with Gasteiger partial charge in [0, 0.05) is 5.56 Å². The maximum Gasteiger partial charge on any atom is 0.328 e. The van der Waals surface area contributed by atoms with E-state index in [4.69, 9.17) is 4.43 Å².